The SMILES string of the molecule is CCCCCC[P+](CCCCCC)(CCCCCC)CCOC.O=S(=O)([N-]S(=O)(=O)C(F)(F)F)C(F)(F)F. The van der Waals surface area contributed by atoms with E-state index >= 15 is 0 Å². The summed E-state index contributed by atoms with van der Waals surface area (Å²) in [4.78, 5) is 0. The molecule has 0 saturated heterocycles. The van der Waals surface area contributed by atoms with E-state index in [0.29, 0.717) is 0 Å². The van der Waals surface area contributed by atoms with Gasteiger partial charge >= 0.3 is 11.0 Å². The smallest absolute Gasteiger partial charge is 0.421 e. The molecule has 0 radical (unpaired) electrons. The molecule has 0 unspecified atom stereocenters. The van der Waals surface area contributed by atoms with E-state index in [1.54, 1.807) is 18.5 Å². The zero-order valence-electron chi connectivity index (χ0n) is 23.0. The van der Waals surface area contributed by atoms with Crippen LogP contribution in [0, 0.1) is 0 Å². The van der Waals surface area contributed by atoms with E-state index in [1.165, 1.54) is 83.2 Å². The van der Waals surface area contributed by atoms with Gasteiger partial charge in [-0.1, -0.05) is 59.3 Å². The first-order valence-corrected chi connectivity index (χ1v) is 18.6. The molecule has 0 N–H and O–H groups in total. The van der Waals surface area contributed by atoms with Crippen LogP contribution in [0.5, 0.6) is 0 Å². The van der Waals surface area contributed by atoms with Crippen molar-refractivity contribution in [1.29, 1.82) is 0 Å². The number of halogens is 6. The van der Waals surface area contributed by atoms with Crippen molar-refractivity contribution in [2.24, 2.45) is 0 Å². The van der Waals surface area contributed by atoms with E-state index in [9.17, 15) is 43.2 Å². The molecule has 232 valence electrons. The van der Waals surface area contributed by atoms with Crippen molar-refractivity contribution in [3.8, 4) is 0 Å². The molecule has 38 heavy (non-hydrogen) atoms. The maximum atomic E-state index is 11.4. The van der Waals surface area contributed by atoms with Crippen molar-refractivity contribution in [3.63, 3.8) is 0 Å². The Morgan fingerprint density at radius 1 is 0.579 bits per heavy atom. The van der Waals surface area contributed by atoms with Crippen molar-refractivity contribution in [2.75, 3.05) is 38.4 Å². The molecule has 0 bridgehead atoms. The van der Waals surface area contributed by atoms with Crippen molar-refractivity contribution >= 4 is 27.3 Å². The minimum Gasteiger partial charge on any atom is -0.421 e. The molecule has 0 rings (SSSR count). The Hall–Kier alpha value is -0.170. The molecule has 0 spiro atoms. The molecule has 0 saturated carbocycles. The summed E-state index contributed by atoms with van der Waals surface area (Å²) in [5.74, 6) is 0. The average Bonchev–Trinajstić information content (AvgIpc) is 2.79. The van der Waals surface area contributed by atoms with Gasteiger partial charge in [0.25, 0.3) is 0 Å². The Labute approximate surface area is 226 Å². The first-order valence-electron chi connectivity index (χ1n) is 13.2. The number of sulfonamides is 2. The third-order valence-electron chi connectivity index (χ3n) is 6.01. The number of methoxy groups -OCH3 is 1. The molecule has 0 aliphatic rings. The van der Waals surface area contributed by atoms with E-state index in [0.717, 1.165) is 10.7 Å². The highest BCUT2D eigenvalue weighted by molar-refractivity contribution is 8.13. The molecule has 0 heterocycles. The van der Waals surface area contributed by atoms with Crippen molar-refractivity contribution in [1.82, 2.24) is 0 Å². The van der Waals surface area contributed by atoms with E-state index in [-0.39, 0.29) is 0 Å². The van der Waals surface area contributed by atoms with Gasteiger partial charge in [-0.3, -0.25) is 0 Å². The monoisotopic (exact) mass is 625 g/mol. The topological polar surface area (TPSA) is 91.6 Å². The molecular formula is C23H46F6NO5PS2. The zero-order chi connectivity index (χ0) is 29.9. The minimum absolute atomic E-state index is 0.758. The normalized spacial score (nSPS) is 13.3. The number of alkyl halides is 6. The largest absolute Gasteiger partial charge is 0.480 e. The van der Waals surface area contributed by atoms with Crippen molar-refractivity contribution < 1.29 is 47.9 Å². The first-order chi connectivity index (χ1) is 17.4. The highest BCUT2D eigenvalue weighted by Crippen LogP contribution is 2.60. The van der Waals surface area contributed by atoms with E-state index in [2.05, 4.69) is 20.8 Å². The van der Waals surface area contributed by atoms with Crippen LogP contribution >= 0.6 is 7.26 Å². The van der Waals surface area contributed by atoms with E-state index in [1.807, 2.05) is 7.11 Å². The number of rotatable bonds is 20. The first kappa shape index (κ1) is 40.0. The van der Waals surface area contributed by atoms with Crippen LogP contribution in [0.1, 0.15) is 97.8 Å². The lowest BCUT2D eigenvalue weighted by Crippen LogP contribution is -2.30. The van der Waals surface area contributed by atoms with E-state index < -0.39 is 38.3 Å². The molecule has 0 aliphatic carbocycles. The fourth-order valence-electron chi connectivity index (χ4n) is 3.79. The van der Waals surface area contributed by atoms with Crippen LogP contribution in [-0.2, 0) is 24.8 Å². The van der Waals surface area contributed by atoms with Crippen LogP contribution in [-0.4, -0.2) is 66.2 Å². The second kappa shape index (κ2) is 19.8. The van der Waals surface area contributed by atoms with Crippen molar-refractivity contribution in [2.45, 2.75) is 109 Å². The van der Waals surface area contributed by atoms with Crippen molar-refractivity contribution in [3.05, 3.63) is 4.13 Å². The van der Waals surface area contributed by atoms with Crippen LogP contribution in [0.3, 0.4) is 0 Å². The highest BCUT2D eigenvalue weighted by atomic mass is 32.3. The summed E-state index contributed by atoms with van der Waals surface area (Å²) in [6, 6.07) is 0. The lowest BCUT2D eigenvalue weighted by molar-refractivity contribution is -0.0444. The maximum absolute atomic E-state index is 11.4. The number of unbranched alkanes of at least 4 members (excludes halogenated alkanes) is 9. The van der Waals surface area contributed by atoms with Gasteiger partial charge in [-0.05, 0) is 38.5 Å². The molecule has 15 heteroatoms. The van der Waals surface area contributed by atoms with Gasteiger partial charge in [-0.2, -0.15) is 26.3 Å². The number of hydrogen-bond donors (Lipinski definition) is 0. The minimum atomic E-state index is -6.72. The van der Waals surface area contributed by atoms with Gasteiger partial charge in [0.05, 0.1) is 31.3 Å². The fourth-order valence-corrected chi connectivity index (χ4v) is 10.1. The third kappa shape index (κ3) is 17.5. The Morgan fingerprint density at radius 2 is 0.895 bits per heavy atom. The lowest BCUT2D eigenvalue weighted by Gasteiger charge is -2.28. The molecule has 0 aliphatic heterocycles. The molecule has 0 atom stereocenters. The standard InChI is InChI=1S/C21H46OP.C2F6NO4S2/c1-5-8-11-14-18-23(21-17-22-4,19-15-12-9-6-2)20-16-13-10-7-3;3-1(4,5)14(10,11)9-15(12,13)2(6,7)8/h5-21H2,1-4H3;/q+1;-1. The molecule has 6 nitrogen and oxygen atoms in total. The quantitative estimate of drug-likeness (QED) is 0.0769. The summed E-state index contributed by atoms with van der Waals surface area (Å²) < 4.78 is 115. The molecule has 0 fully saturated rings. The molecule has 0 aromatic rings. The molecule has 0 amide bonds. The molecule has 0 aromatic heterocycles. The van der Waals surface area contributed by atoms with Gasteiger partial charge in [-0.15, -0.1) is 0 Å². The lowest BCUT2D eigenvalue weighted by atomic mass is 10.2. The third-order valence-corrected chi connectivity index (χ3v) is 13.7. The van der Waals surface area contributed by atoms with Gasteiger partial charge in [-0.25, -0.2) is 16.8 Å². The Balaban J connectivity index is 0. The summed E-state index contributed by atoms with van der Waals surface area (Å²) in [6.45, 7) is 7.97. The summed E-state index contributed by atoms with van der Waals surface area (Å²) in [6.07, 6.45) is 23.2. The Kier molecular flexibility index (Phi) is 20.9. The highest BCUT2D eigenvalue weighted by Gasteiger charge is 2.47. The number of ether oxygens (including phenoxy) is 1. The van der Waals surface area contributed by atoms with Crippen LogP contribution in [0.15, 0.2) is 0 Å². The Morgan fingerprint density at radius 3 is 1.13 bits per heavy atom. The van der Waals surface area contributed by atoms with Gasteiger partial charge in [0.15, 0.2) is 20.0 Å². The van der Waals surface area contributed by atoms with E-state index in [4.69, 9.17) is 4.74 Å². The predicted octanol–water partition coefficient (Wildman–Crippen LogP) is 8.45. The van der Waals surface area contributed by atoms with Gasteiger partial charge in [0.2, 0.25) is 0 Å². The Bertz CT molecular complexity index is 733. The maximum Gasteiger partial charge on any atom is 0.480 e. The average molecular weight is 626 g/mol. The summed E-state index contributed by atoms with van der Waals surface area (Å²) in [5.41, 5.74) is -12.4. The summed E-state index contributed by atoms with van der Waals surface area (Å²) in [7, 11) is -12.3. The van der Waals surface area contributed by atoms with Crippen LogP contribution in [0.25, 0.3) is 4.13 Å². The number of hydrogen-bond acceptors (Lipinski definition) is 5. The van der Waals surface area contributed by atoms with Gasteiger partial charge in [0.1, 0.15) is 0 Å². The predicted molar refractivity (Wildman–Crippen MR) is 144 cm³/mol. The van der Waals surface area contributed by atoms with Gasteiger partial charge in [0, 0.05) is 14.4 Å². The van der Waals surface area contributed by atoms with Gasteiger partial charge < -0.3 is 8.86 Å². The second-order valence-corrected chi connectivity index (χ2v) is 17.2. The van der Waals surface area contributed by atoms with Crippen LogP contribution in [0.2, 0.25) is 0 Å². The number of nitrogens with zero attached hydrogens (tertiary/aromatic N) is 1. The molecular weight excluding hydrogens is 579 g/mol. The van der Waals surface area contributed by atoms with Crippen LogP contribution < -0.4 is 0 Å². The zero-order valence-corrected chi connectivity index (χ0v) is 25.6. The molecule has 0 aromatic carbocycles. The summed E-state index contributed by atoms with van der Waals surface area (Å²) in [5, 5.41) is 0. The second-order valence-electron chi connectivity index (χ2n) is 9.33. The van der Waals surface area contributed by atoms with Crippen LogP contribution in [0.4, 0.5) is 26.3 Å². The summed E-state index contributed by atoms with van der Waals surface area (Å²) >= 11 is 0. The fraction of sp³-hybridized carbons (Fsp3) is 1.00.